The Bertz CT molecular complexity index is 324. The molecule has 0 saturated carbocycles. The molecule has 1 rings (SSSR count). The van der Waals surface area contributed by atoms with E-state index in [1.54, 1.807) is 12.3 Å². The molecule has 0 aromatic carbocycles. The molecule has 0 N–H and O–H groups in total. The van der Waals surface area contributed by atoms with Gasteiger partial charge in [-0.2, -0.15) is 0 Å². The summed E-state index contributed by atoms with van der Waals surface area (Å²) in [5, 5.41) is 0. The van der Waals surface area contributed by atoms with Crippen molar-refractivity contribution in [2.45, 2.75) is 6.42 Å². The number of ether oxygens (including phenoxy) is 1. The second-order valence-electron chi connectivity index (χ2n) is 3.53. The van der Waals surface area contributed by atoms with Crippen LogP contribution >= 0.6 is 0 Å². The summed E-state index contributed by atoms with van der Waals surface area (Å²) in [7, 11) is 4.09. The normalized spacial score (nSPS) is 10.0. The zero-order valence-corrected chi connectivity index (χ0v) is 9.23. The van der Waals surface area contributed by atoms with Gasteiger partial charge in [-0.3, -0.25) is 0 Å². The van der Waals surface area contributed by atoms with Gasteiger partial charge in [0.15, 0.2) is 0 Å². The van der Waals surface area contributed by atoms with Crippen LogP contribution in [0.3, 0.4) is 0 Å². The van der Waals surface area contributed by atoms with Gasteiger partial charge >= 0.3 is 0 Å². The molecule has 1 aromatic rings. The maximum atomic E-state index is 5.50. The topological polar surface area (TPSA) is 25.4 Å². The minimum Gasteiger partial charge on any atom is -0.492 e. The zero-order valence-electron chi connectivity index (χ0n) is 9.23. The molecule has 0 amide bonds. The fraction of sp³-hybridized carbons (Fsp3) is 0.417. The minimum atomic E-state index is 0.635. The number of hydrogen-bond acceptors (Lipinski definition) is 3. The lowest BCUT2D eigenvalue weighted by Gasteiger charge is -2.09. The summed E-state index contributed by atoms with van der Waals surface area (Å²) in [5.74, 6) is 3.23. The van der Waals surface area contributed by atoms with Crippen LogP contribution in [0.1, 0.15) is 12.1 Å². The molecule has 0 bridgehead atoms. The molecule has 1 aromatic heterocycles. The molecule has 0 saturated heterocycles. The molecule has 80 valence electrons. The Morgan fingerprint density at radius 3 is 2.80 bits per heavy atom. The van der Waals surface area contributed by atoms with Crippen LogP contribution < -0.4 is 4.74 Å². The number of hydrogen-bond donors (Lipinski definition) is 0. The molecule has 0 radical (unpaired) electrons. The second kappa shape index (κ2) is 6.05. The quantitative estimate of drug-likeness (QED) is 0.535. The van der Waals surface area contributed by atoms with Crippen molar-refractivity contribution in [2.24, 2.45) is 0 Å². The van der Waals surface area contributed by atoms with Crippen LogP contribution in [0.4, 0.5) is 0 Å². The monoisotopic (exact) mass is 204 g/mol. The first-order chi connectivity index (χ1) is 7.22. The van der Waals surface area contributed by atoms with E-state index in [2.05, 4.69) is 15.8 Å². The maximum Gasteiger partial charge on any atom is 0.137 e. The number of pyridine rings is 1. The first-order valence-electron chi connectivity index (χ1n) is 4.92. The van der Waals surface area contributed by atoms with E-state index in [1.165, 1.54) is 0 Å². The van der Waals surface area contributed by atoms with E-state index >= 15 is 0 Å². The van der Waals surface area contributed by atoms with Crippen molar-refractivity contribution in [1.29, 1.82) is 0 Å². The summed E-state index contributed by atoms with van der Waals surface area (Å²) < 4.78 is 5.50. The summed E-state index contributed by atoms with van der Waals surface area (Å²) in [6, 6.07) is 3.62. The number of terminal acetylenes is 1. The van der Waals surface area contributed by atoms with E-state index in [-0.39, 0.29) is 0 Å². The lowest BCUT2D eigenvalue weighted by atomic mass is 10.3. The van der Waals surface area contributed by atoms with Crippen LogP contribution in [-0.4, -0.2) is 37.1 Å². The molecule has 0 atom stereocenters. The third kappa shape index (κ3) is 4.48. The molecule has 0 aliphatic rings. The smallest absolute Gasteiger partial charge is 0.137 e. The highest BCUT2D eigenvalue weighted by Gasteiger charge is 1.95. The van der Waals surface area contributed by atoms with Crippen LogP contribution in [0.25, 0.3) is 0 Å². The second-order valence-corrected chi connectivity index (χ2v) is 3.53. The third-order valence-corrected chi connectivity index (χ3v) is 1.90. The summed E-state index contributed by atoms with van der Waals surface area (Å²) in [4.78, 5) is 6.17. The summed E-state index contributed by atoms with van der Waals surface area (Å²) in [5.41, 5.74) is 0.635. The molecule has 0 unspecified atom stereocenters. The maximum absolute atomic E-state index is 5.50. The highest BCUT2D eigenvalue weighted by molar-refractivity contribution is 5.28. The lowest BCUT2D eigenvalue weighted by Crippen LogP contribution is -2.15. The predicted octanol–water partition coefficient (Wildman–Crippen LogP) is 1.39. The largest absolute Gasteiger partial charge is 0.492 e. The molecule has 3 nitrogen and oxygen atoms in total. The van der Waals surface area contributed by atoms with Crippen LogP contribution in [0, 0.1) is 12.3 Å². The van der Waals surface area contributed by atoms with Gasteiger partial charge in [-0.1, -0.05) is 5.92 Å². The Morgan fingerprint density at radius 1 is 1.47 bits per heavy atom. The first kappa shape index (κ1) is 11.5. The molecule has 0 spiro atoms. The Balaban J connectivity index is 2.29. The van der Waals surface area contributed by atoms with Crippen molar-refractivity contribution in [2.75, 3.05) is 27.2 Å². The van der Waals surface area contributed by atoms with Gasteiger partial charge in [-0.05, 0) is 32.6 Å². The highest BCUT2D eigenvalue weighted by Crippen LogP contribution is 2.08. The Labute approximate surface area is 91.1 Å². The van der Waals surface area contributed by atoms with E-state index in [4.69, 9.17) is 11.2 Å². The van der Waals surface area contributed by atoms with Crippen LogP contribution in [0.5, 0.6) is 5.75 Å². The van der Waals surface area contributed by atoms with Gasteiger partial charge in [-0.15, -0.1) is 6.42 Å². The molecular weight excluding hydrogens is 188 g/mol. The van der Waals surface area contributed by atoms with Gasteiger partial charge in [0.2, 0.25) is 0 Å². The fourth-order valence-electron chi connectivity index (χ4n) is 1.12. The minimum absolute atomic E-state index is 0.635. The van der Waals surface area contributed by atoms with Crippen molar-refractivity contribution in [3.63, 3.8) is 0 Å². The molecule has 0 aliphatic heterocycles. The molecule has 0 aliphatic carbocycles. The average molecular weight is 204 g/mol. The van der Waals surface area contributed by atoms with E-state index in [9.17, 15) is 0 Å². The Morgan fingerprint density at radius 2 is 2.27 bits per heavy atom. The average Bonchev–Trinajstić information content (AvgIpc) is 2.25. The van der Waals surface area contributed by atoms with Crippen molar-refractivity contribution in [3.05, 3.63) is 24.0 Å². The van der Waals surface area contributed by atoms with Crippen molar-refractivity contribution in [3.8, 4) is 18.1 Å². The van der Waals surface area contributed by atoms with Gasteiger partial charge in [0.1, 0.15) is 11.4 Å². The van der Waals surface area contributed by atoms with Gasteiger partial charge in [0.05, 0.1) is 12.8 Å². The summed E-state index contributed by atoms with van der Waals surface area (Å²) in [6.07, 6.45) is 7.86. The highest BCUT2D eigenvalue weighted by atomic mass is 16.5. The fourth-order valence-corrected chi connectivity index (χ4v) is 1.12. The van der Waals surface area contributed by atoms with Crippen molar-refractivity contribution < 1.29 is 4.74 Å². The SMILES string of the molecule is C#Cc1ccc(OCCCN(C)C)cn1. The third-order valence-electron chi connectivity index (χ3n) is 1.90. The van der Waals surface area contributed by atoms with Gasteiger partial charge in [0.25, 0.3) is 0 Å². The van der Waals surface area contributed by atoms with Crippen LogP contribution in [0.15, 0.2) is 18.3 Å². The standard InChI is InChI=1S/C12H16N2O/c1-4-11-6-7-12(10-13-11)15-9-5-8-14(2)3/h1,6-7,10H,5,8-9H2,2-3H3. The first-order valence-corrected chi connectivity index (χ1v) is 4.92. The van der Waals surface area contributed by atoms with Gasteiger partial charge in [-0.25, -0.2) is 4.98 Å². The van der Waals surface area contributed by atoms with E-state index in [0.717, 1.165) is 18.7 Å². The van der Waals surface area contributed by atoms with Crippen molar-refractivity contribution in [1.82, 2.24) is 9.88 Å². The van der Waals surface area contributed by atoms with Gasteiger partial charge < -0.3 is 9.64 Å². The van der Waals surface area contributed by atoms with Gasteiger partial charge in [0, 0.05) is 6.54 Å². The van der Waals surface area contributed by atoms with E-state index < -0.39 is 0 Å². The number of rotatable bonds is 5. The molecule has 1 heterocycles. The number of nitrogens with zero attached hydrogens (tertiary/aromatic N) is 2. The van der Waals surface area contributed by atoms with E-state index in [1.807, 2.05) is 20.2 Å². The summed E-state index contributed by atoms with van der Waals surface area (Å²) in [6.45, 7) is 1.73. The zero-order chi connectivity index (χ0) is 11.1. The van der Waals surface area contributed by atoms with Crippen molar-refractivity contribution >= 4 is 0 Å². The van der Waals surface area contributed by atoms with Crippen LogP contribution in [0.2, 0.25) is 0 Å². The summed E-state index contributed by atoms with van der Waals surface area (Å²) >= 11 is 0. The predicted molar refractivity (Wildman–Crippen MR) is 60.8 cm³/mol. The molecule has 3 heteroatoms. The molecular formula is C12H16N2O. The molecule has 0 fully saturated rings. The van der Waals surface area contributed by atoms with E-state index in [0.29, 0.717) is 12.3 Å². The molecule has 15 heavy (non-hydrogen) atoms. The number of aromatic nitrogens is 1. The Hall–Kier alpha value is -1.53. The Kier molecular flexibility index (Phi) is 4.65. The lowest BCUT2D eigenvalue weighted by molar-refractivity contribution is 0.281. The van der Waals surface area contributed by atoms with Crippen LogP contribution in [-0.2, 0) is 0 Å².